The lowest BCUT2D eigenvalue weighted by Gasteiger charge is -2.08. The van der Waals surface area contributed by atoms with Gasteiger partial charge in [-0.25, -0.2) is 4.79 Å². The number of anilines is 1. The number of amides is 1. The summed E-state index contributed by atoms with van der Waals surface area (Å²) < 4.78 is 7.57. The smallest absolute Gasteiger partial charge is 0.341 e. The molecular formula is C14H13BrN2O4. The fourth-order valence-electron chi connectivity index (χ4n) is 1.75. The van der Waals surface area contributed by atoms with Crippen LogP contribution in [0.1, 0.15) is 10.5 Å². The van der Waals surface area contributed by atoms with Gasteiger partial charge in [-0.05, 0) is 34.1 Å². The van der Waals surface area contributed by atoms with Gasteiger partial charge < -0.3 is 19.7 Å². The Bertz CT molecular complexity index is 681. The topological polar surface area (TPSA) is 80.6 Å². The van der Waals surface area contributed by atoms with Gasteiger partial charge in [0.1, 0.15) is 11.4 Å². The molecule has 2 N–H and O–H groups in total. The molecule has 1 amide bonds. The molecule has 7 heteroatoms. The van der Waals surface area contributed by atoms with E-state index >= 15 is 0 Å². The summed E-state index contributed by atoms with van der Waals surface area (Å²) in [6.07, 6.45) is 1.78. The van der Waals surface area contributed by atoms with Gasteiger partial charge in [-0.1, -0.05) is 6.07 Å². The fraction of sp³-hybridized carbons (Fsp3) is 0.143. The molecule has 0 bridgehead atoms. The number of ether oxygens (including phenoxy) is 1. The minimum atomic E-state index is -1.06. The van der Waals surface area contributed by atoms with E-state index in [4.69, 9.17) is 9.84 Å². The van der Waals surface area contributed by atoms with Crippen LogP contribution in [0, 0.1) is 0 Å². The quantitative estimate of drug-likeness (QED) is 0.866. The van der Waals surface area contributed by atoms with Crippen LogP contribution in [0.15, 0.2) is 41.0 Å². The summed E-state index contributed by atoms with van der Waals surface area (Å²) in [5.74, 6) is -0.944. The summed E-state index contributed by atoms with van der Waals surface area (Å²) in [6.45, 7) is -0.428. The van der Waals surface area contributed by atoms with E-state index in [1.807, 2.05) is 0 Å². The summed E-state index contributed by atoms with van der Waals surface area (Å²) in [7, 11) is 1.77. The minimum Gasteiger partial charge on any atom is -0.482 e. The SMILES string of the molecule is Cn1cc(Br)cc1C(=O)Nc1cccc(OCC(=O)O)c1. The van der Waals surface area contributed by atoms with Crippen LogP contribution in [0.3, 0.4) is 0 Å². The van der Waals surface area contributed by atoms with Crippen LogP contribution in [0.2, 0.25) is 0 Å². The van der Waals surface area contributed by atoms with Gasteiger partial charge in [0, 0.05) is 29.5 Å². The van der Waals surface area contributed by atoms with Gasteiger partial charge in [0.05, 0.1) is 0 Å². The third kappa shape index (κ3) is 4.09. The van der Waals surface area contributed by atoms with E-state index in [2.05, 4.69) is 21.2 Å². The molecule has 1 aromatic carbocycles. The first kappa shape index (κ1) is 15.1. The van der Waals surface area contributed by atoms with Crippen molar-refractivity contribution in [2.45, 2.75) is 0 Å². The Morgan fingerprint density at radius 2 is 2.14 bits per heavy atom. The largest absolute Gasteiger partial charge is 0.482 e. The minimum absolute atomic E-state index is 0.265. The van der Waals surface area contributed by atoms with Crippen LogP contribution in [0.4, 0.5) is 5.69 Å². The van der Waals surface area contributed by atoms with E-state index in [0.717, 1.165) is 4.47 Å². The number of hydrogen-bond acceptors (Lipinski definition) is 3. The van der Waals surface area contributed by atoms with E-state index < -0.39 is 12.6 Å². The Morgan fingerprint density at radius 3 is 2.76 bits per heavy atom. The molecular weight excluding hydrogens is 340 g/mol. The maximum absolute atomic E-state index is 12.1. The van der Waals surface area contributed by atoms with Gasteiger partial charge in [0.15, 0.2) is 6.61 Å². The predicted octanol–water partition coefficient (Wildman–Crippen LogP) is 2.50. The monoisotopic (exact) mass is 352 g/mol. The van der Waals surface area contributed by atoms with Crippen molar-refractivity contribution in [2.24, 2.45) is 7.05 Å². The van der Waals surface area contributed by atoms with Crippen molar-refractivity contribution < 1.29 is 19.4 Å². The molecule has 2 aromatic rings. The third-order valence-corrected chi connectivity index (χ3v) is 3.09. The van der Waals surface area contributed by atoms with Crippen molar-refractivity contribution in [3.8, 4) is 5.75 Å². The number of carboxylic acid groups (broad SMARTS) is 1. The fourth-order valence-corrected chi connectivity index (χ4v) is 2.28. The van der Waals surface area contributed by atoms with E-state index in [-0.39, 0.29) is 5.91 Å². The number of hydrogen-bond donors (Lipinski definition) is 2. The number of aliphatic carboxylic acids is 1. The zero-order chi connectivity index (χ0) is 15.4. The summed E-state index contributed by atoms with van der Waals surface area (Å²) in [6, 6.07) is 8.27. The maximum atomic E-state index is 12.1. The molecule has 0 aliphatic rings. The summed E-state index contributed by atoms with van der Waals surface area (Å²) in [5.41, 5.74) is 1.03. The van der Waals surface area contributed by atoms with E-state index in [1.165, 1.54) is 0 Å². The highest BCUT2D eigenvalue weighted by Crippen LogP contribution is 2.19. The van der Waals surface area contributed by atoms with E-state index in [0.29, 0.717) is 17.1 Å². The van der Waals surface area contributed by atoms with E-state index in [9.17, 15) is 9.59 Å². The average molecular weight is 353 g/mol. The highest BCUT2D eigenvalue weighted by atomic mass is 79.9. The number of benzene rings is 1. The van der Waals surface area contributed by atoms with Gasteiger partial charge in [-0.15, -0.1) is 0 Å². The van der Waals surface area contributed by atoms with Gasteiger partial charge in [-0.3, -0.25) is 4.79 Å². The number of halogens is 1. The molecule has 110 valence electrons. The Kier molecular flexibility index (Phi) is 4.64. The molecule has 1 heterocycles. The van der Waals surface area contributed by atoms with Crippen molar-refractivity contribution in [2.75, 3.05) is 11.9 Å². The second-order valence-electron chi connectivity index (χ2n) is 4.32. The highest BCUT2D eigenvalue weighted by Gasteiger charge is 2.11. The van der Waals surface area contributed by atoms with Crippen LogP contribution < -0.4 is 10.1 Å². The van der Waals surface area contributed by atoms with Crippen LogP contribution in [0.25, 0.3) is 0 Å². The Labute approximate surface area is 129 Å². The third-order valence-electron chi connectivity index (χ3n) is 2.66. The number of nitrogens with zero attached hydrogens (tertiary/aromatic N) is 1. The Balaban J connectivity index is 2.09. The van der Waals surface area contributed by atoms with Crippen LogP contribution in [-0.4, -0.2) is 28.2 Å². The lowest BCUT2D eigenvalue weighted by molar-refractivity contribution is -0.139. The van der Waals surface area contributed by atoms with Gasteiger partial charge in [0.25, 0.3) is 5.91 Å². The van der Waals surface area contributed by atoms with Crippen LogP contribution in [0.5, 0.6) is 5.75 Å². The van der Waals surface area contributed by atoms with Gasteiger partial charge >= 0.3 is 5.97 Å². The molecule has 0 radical (unpaired) electrons. The van der Waals surface area contributed by atoms with Crippen molar-refractivity contribution in [3.63, 3.8) is 0 Å². The van der Waals surface area contributed by atoms with Gasteiger partial charge in [-0.2, -0.15) is 0 Å². The second kappa shape index (κ2) is 6.45. The molecule has 21 heavy (non-hydrogen) atoms. The van der Waals surface area contributed by atoms with Crippen LogP contribution in [-0.2, 0) is 11.8 Å². The highest BCUT2D eigenvalue weighted by molar-refractivity contribution is 9.10. The molecule has 6 nitrogen and oxygen atoms in total. The number of aromatic nitrogens is 1. The maximum Gasteiger partial charge on any atom is 0.341 e. The standard InChI is InChI=1S/C14H13BrN2O4/c1-17-7-9(15)5-12(17)14(20)16-10-3-2-4-11(6-10)21-8-13(18)19/h2-7H,8H2,1H3,(H,16,20)(H,18,19). The molecule has 0 aliphatic heterocycles. The molecule has 0 spiro atoms. The Morgan fingerprint density at radius 1 is 1.38 bits per heavy atom. The number of nitrogens with one attached hydrogen (secondary N) is 1. The normalized spacial score (nSPS) is 10.2. The molecule has 0 saturated heterocycles. The molecule has 0 aliphatic carbocycles. The number of carbonyl (C=O) groups is 2. The molecule has 0 unspecified atom stereocenters. The van der Waals surface area contributed by atoms with Gasteiger partial charge in [0.2, 0.25) is 0 Å². The number of carboxylic acids is 1. The first-order valence-corrected chi connectivity index (χ1v) is 6.83. The lowest BCUT2D eigenvalue weighted by atomic mass is 10.3. The molecule has 1 aromatic heterocycles. The average Bonchev–Trinajstić information content (AvgIpc) is 2.76. The van der Waals surface area contributed by atoms with E-state index in [1.54, 1.807) is 48.1 Å². The summed E-state index contributed by atoms with van der Waals surface area (Å²) >= 11 is 3.31. The van der Waals surface area contributed by atoms with Crippen LogP contribution >= 0.6 is 15.9 Å². The zero-order valence-electron chi connectivity index (χ0n) is 11.2. The second-order valence-corrected chi connectivity index (χ2v) is 5.23. The number of aryl methyl sites for hydroxylation is 1. The lowest BCUT2D eigenvalue weighted by Crippen LogP contribution is -2.15. The molecule has 0 saturated carbocycles. The molecule has 0 atom stereocenters. The number of carbonyl (C=O) groups excluding carboxylic acids is 1. The first-order chi connectivity index (χ1) is 9.95. The van der Waals surface area contributed by atoms with Crippen molar-refractivity contribution in [1.82, 2.24) is 4.57 Å². The Hall–Kier alpha value is -2.28. The predicted molar refractivity (Wildman–Crippen MR) is 80.6 cm³/mol. The number of rotatable bonds is 5. The van der Waals surface area contributed by atoms with Crippen molar-refractivity contribution in [1.29, 1.82) is 0 Å². The summed E-state index contributed by atoms with van der Waals surface area (Å²) in [4.78, 5) is 22.6. The zero-order valence-corrected chi connectivity index (χ0v) is 12.8. The first-order valence-electron chi connectivity index (χ1n) is 6.03. The molecule has 0 fully saturated rings. The summed E-state index contributed by atoms with van der Waals surface area (Å²) in [5, 5.41) is 11.3. The molecule has 2 rings (SSSR count). The van der Waals surface area contributed by atoms with Crippen molar-refractivity contribution >= 4 is 33.5 Å². The van der Waals surface area contributed by atoms with Crippen molar-refractivity contribution in [3.05, 3.63) is 46.7 Å².